The minimum Gasteiger partial charge on any atom is -0.506 e. The number of benzene rings is 1. The zero-order chi connectivity index (χ0) is 15.4. The third kappa shape index (κ3) is 3.67. The second-order valence-electron chi connectivity index (χ2n) is 5.79. The molecule has 1 atom stereocenters. The molecule has 0 bridgehead atoms. The van der Waals surface area contributed by atoms with Crippen LogP contribution in [0.1, 0.15) is 6.42 Å². The molecule has 1 amide bonds. The third-order valence-corrected chi connectivity index (χ3v) is 5.41. The average molecular weight is 321 g/mol. The molecule has 1 aromatic carbocycles. The summed E-state index contributed by atoms with van der Waals surface area (Å²) in [5, 5.41) is 13.3. The van der Waals surface area contributed by atoms with E-state index in [1.165, 1.54) is 0 Å². The highest BCUT2D eigenvalue weighted by Crippen LogP contribution is 2.27. The van der Waals surface area contributed by atoms with Gasteiger partial charge in [0, 0.05) is 56.7 Å². The summed E-state index contributed by atoms with van der Waals surface area (Å²) in [7, 11) is 0. The summed E-state index contributed by atoms with van der Waals surface area (Å²) in [6, 6.07) is 7.71. The van der Waals surface area contributed by atoms with Crippen LogP contribution >= 0.6 is 11.8 Å². The predicted molar refractivity (Wildman–Crippen MR) is 90.6 cm³/mol. The summed E-state index contributed by atoms with van der Waals surface area (Å²) in [6.07, 6.45) is 0.601. The topological polar surface area (TPSA) is 55.8 Å². The number of hydrogen-bond donors (Lipinski definition) is 2. The number of piperazine rings is 1. The first-order valence-electron chi connectivity index (χ1n) is 7.86. The molecule has 0 radical (unpaired) electrons. The summed E-state index contributed by atoms with van der Waals surface area (Å²) in [5.41, 5.74) is 0.861. The molecular formula is C16H23N3O2S. The van der Waals surface area contributed by atoms with Gasteiger partial charge in [-0.2, -0.15) is 11.8 Å². The van der Waals surface area contributed by atoms with Crippen molar-refractivity contribution in [2.75, 3.05) is 49.1 Å². The smallest absolute Gasteiger partial charge is 0.224 e. The van der Waals surface area contributed by atoms with Crippen LogP contribution < -0.4 is 10.2 Å². The Labute approximate surface area is 135 Å². The number of amides is 1. The molecule has 0 aromatic heterocycles. The predicted octanol–water partition coefficient (Wildman–Crippen LogP) is 1.14. The van der Waals surface area contributed by atoms with Gasteiger partial charge >= 0.3 is 0 Å². The van der Waals surface area contributed by atoms with Crippen molar-refractivity contribution < 1.29 is 9.90 Å². The van der Waals surface area contributed by atoms with Crippen LogP contribution in [0.5, 0.6) is 5.75 Å². The van der Waals surface area contributed by atoms with E-state index < -0.39 is 0 Å². The lowest BCUT2D eigenvalue weighted by Gasteiger charge is -2.37. The van der Waals surface area contributed by atoms with E-state index in [1.54, 1.807) is 6.07 Å². The Kier molecular flexibility index (Phi) is 5.10. The van der Waals surface area contributed by atoms with Crippen LogP contribution in [0.2, 0.25) is 0 Å². The van der Waals surface area contributed by atoms with Crippen LogP contribution in [0.3, 0.4) is 0 Å². The van der Waals surface area contributed by atoms with Gasteiger partial charge in [0.05, 0.1) is 5.69 Å². The fraction of sp³-hybridized carbons (Fsp3) is 0.562. The van der Waals surface area contributed by atoms with Crippen molar-refractivity contribution in [1.82, 2.24) is 10.2 Å². The molecule has 3 rings (SSSR count). The summed E-state index contributed by atoms with van der Waals surface area (Å²) < 4.78 is 0. The number of anilines is 1. The molecule has 1 unspecified atom stereocenters. The second-order valence-corrected chi connectivity index (χ2v) is 6.94. The lowest BCUT2D eigenvalue weighted by Crippen LogP contribution is -2.50. The van der Waals surface area contributed by atoms with Crippen LogP contribution in [0.4, 0.5) is 5.69 Å². The van der Waals surface area contributed by atoms with E-state index >= 15 is 0 Å². The number of rotatable bonds is 3. The van der Waals surface area contributed by atoms with Crippen LogP contribution in [-0.4, -0.2) is 66.2 Å². The van der Waals surface area contributed by atoms with E-state index in [1.807, 2.05) is 34.9 Å². The summed E-state index contributed by atoms with van der Waals surface area (Å²) in [6.45, 7) is 4.01. The van der Waals surface area contributed by atoms with Crippen LogP contribution in [0.25, 0.3) is 0 Å². The van der Waals surface area contributed by atoms with Gasteiger partial charge in [-0.3, -0.25) is 4.79 Å². The van der Waals surface area contributed by atoms with Crippen molar-refractivity contribution in [2.45, 2.75) is 12.5 Å². The van der Waals surface area contributed by atoms with Gasteiger partial charge in [-0.1, -0.05) is 12.1 Å². The van der Waals surface area contributed by atoms with Crippen molar-refractivity contribution in [3.05, 3.63) is 24.3 Å². The molecule has 22 heavy (non-hydrogen) atoms. The highest BCUT2D eigenvalue weighted by Gasteiger charge is 2.25. The van der Waals surface area contributed by atoms with Crippen molar-refractivity contribution in [3.63, 3.8) is 0 Å². The Hall–Kier alpha value is -1.40. The number of thioether (sulfide) groups is 1. The Bertz CT molecular complexity index is 512. The van der Waals surface area contributed by atoms with E-state index in [2.05, 4.69) is 10.2 Å². The number of nitrogens with one attached hydrogen (secondary N) is 1. The largest absolute Gasteiger partial charge is 0.506 e. The summed E-state index contributed by atoms with van der Waals surface area (Å²) >= 11 is 1.92. The summed E-state index contributed by atoms with van der Waals surface area (Å²) in [5.74, 6) is 2.73. The molecule has 0 saturated carbocycles. The van der Waals surface area contributed by atoms with E-state index in [9.17, 15) is 9.90 Å². The molecule has 0 aliphatic carbocycles. The van der Waals surface area contributed by atoms with Crippen molar-refractivity contribution in [3.8, 4) is 5.75 Å². The van der Waals surface area contributed by atoms with E-state index in [0.717, 1.165) is 49.9 Å². The summed E-state index contributed by atoms with van der Waals surface area (Å²) in [4.78, 5) is 16.5. The molecule has 5 nitrogen and oxygen atoms in total. The number of carbonyl (C=O) groups is 1. The first-order chi connectivity index (χ1) is 10.7. The molecule has 6 heteroatoms. The quantitative estimate of drug-likeness (QED) is 0.874. The Balaban J connectivity index is 1.51. The number of hydrogen-bond acceptors (Lipinski definition) is 5. The van der Waals surface area contributed by atoms with Crippen molar-refractivity contribution in [2.24, 2.45) is 0 Å². The number of carbonyl (C=O) groups excluding carboxylic acids is 1. The Morgan fingerprint density at radius 2 is 2.05 bits per heavy atom. The minimum atomic E-state index is 0.247. The van der Waals surface area contributed by atoms with Gasteiger partial charge in [-0.05, 0) is 12.1 Å². The fourth-order valence-corrected chi connectivity index (χ4v) is 3.97. The highest BCUT2D eigenvalue weighted by atomic mass is 32.2. The third-order valence-electron chi connectivity index (χ3n) is 4.27. The van der Waals surface area contributed by atoms with Gasteiger partial charge in [0.25, 0.3) is 0 Å². The van der Waals surface area contributed by atoms with E-state index in [4.69, 9.17) is 0 Å². The van der Waals surface area contributed by atoms with Crippen molar-refractivity contribution in [1.29, 1.82) is 0 Å². The molecule has 2 heterocycles. The van der Waals surface area contributed by atoms with Crippen LogP contribution in [0, 0.1) is 0 Å². The first-order valence-corrected chi connectivity index (χ1v) is 9.01. The van der Waals surface area contributed by atoms with Gasteiger partial charge in [-0.15, -0.1) is 0 Å². The standard InChI is InChI=1S/C16H23N3O2S/c20-15-4-2-1-3-14(15)18-6-8-19(9-7-18)16(21)11-13-12-22-10-5-17-13/h1-4,13,17,20H,5-12H2. The maximum absolute atomic E-state index is 12.4. The molecule has 2 N–H and O–H groups in total. The number of aromatic hydroxyl groups is 1. The maximum Gasteiger partial charge on any atom is 0.224 e. The fourth-order valence-electron chi connectivity index (χ4n) is 3.02. The zero-order valence-corrected chi connectivity index (χ0v) is 13.5. The Morgan fingerprint density at radius 1 is 1.27 bits per heavy atom. The number of phenols is 1. The molecular weight excluding hydrogens is 298 g/mol. The van der Waals surface area contributed by atoms with E-state index in [-0.39, 0.29) is 5.91 Å². The van der Waals surface area contributed by atoms with Gasteiger partial charge in [0.15, 0.2) is 0 Å². The molecule has 0 spiro atoms. The van der Waals surface area contributed by atoms with Crippen molar-refractivity contribution >= 4 is 23.4 Å². The molecule has 120 valence electrons. The lowest BCUT2D eigenvalue weighted by molar-refractivity contribution is -0.131. The monoisotopic (exact) mass is 321 g/mol. The van der Waals surface area contributed by atoms with Crippen LogP contribution in [-0.2, 0) is 4.79 Å². The van der Waals surface area contributed by atoms with Gasteiger partial charge in [0.2, 0.25) is 5.91 Å². The van der Waals surface area contributed by atoms with Gasteiger partial charge < -0.3 is 20.2 Å². The minimum absolute atomic E-state index is 0.247. The SMILES string of the molecule is O=C(CC1CSCCN1)N1CCN(c2ccccc2O)CC1. The maximum atomic E-state index is 12.4. The normalized spacial score (nSPS) is 22.6. The average Bonchev–Trinajstić information content (AvgIpc) is 2.56. The molecule has 2 aliphatic heterocycles. The lowest BCUT2D eigenvalue weighted by atomic mass is 10.1. The van der Waals surface area contributed by atoms with E-state index in [0.29, 0.717) is 18.2 Å². The second kappa shape index (κ2) is 7.24. The Morgan fingerprint density at radius 3 is 2.73 bits per heavy atom. The molecule has 2 fully saturated rings. The number of para-hydroxylation sites is 2. The molecule has 2 saturated heterocycles. The molecule has 1 aromatic rings. The first kappa shape index (κ1) is 15.5. The van der Waals surface area contributed by atoms with Gasteiger partial charge in [0.1, 0.15) is 5.75 Å². The number of nitrogens with zero attached hydrogens (tertiary/aromatic N) is 2. The van der Waals surface area contributed by atoms with Crippen LogP contribution in [0.15, 0.2) is 24.3 Å². The highest BCUT2D eigenvalue weighted by molar-refractivity contribution is 7.99. The van der Waals surface area contributed by atoms with Gasteiger partial charge in [-0.25, -0.2) is 0 Å². The zero-order valence-electron chi connectivity index (χ0n) is 12.7. The number of phenolic OH excluding ortho intramolecular Hbond substituents is 1. The molecule has 2 aliphatic rings.